The van der Waals surface area contributed by atoms with Crippen LogP contribution >= 0.6 is 0 Å². The molecule has 5 rings (SSSR count). The van der Waals surface area contributed by atoms with E-state index in [0.29, 0.717) is 30.4 Å². The first kappa shape index (κ1) is 24.5. The molecular weight excluding hydrogens is 468 g/mol. The minimum absolute atomic E-state index is 0.0561. The molecule has 37 heavy (non-hydrogen) atoms. The maximum Gasteiger partial charge on any atom is 0.338 e. The fourth-order valence-electron chi connectivity index (χ4n) is 5.12. The average Bonchev–Trinajstić information content (AvgIpc) is 3.45. The van der Waals surface area contributed by atoms with Crippen molar-refractivity contribution < 1.29 is 28.6 Å². The van der Waals surface area contributed by atoms with E-state index in [-0.39, 0.29) is 23.9 Å². The molecule has 0 bridgehead atoms. The standard InChI is InChI=1S/C31H28O6/c32-29-19-25-24(27(20-28(25)35-29)37-31(34)23-15-8-3-9-16-23)17-10-18-26(21-11-4-1-5-12-21)36-30(33)22-13-6-2-7-14-22/h1-17,24-28H,18-20H2/t24-,25-,26?,27-,28+/m1/s1. The van der Waals surface area contributed by atoms with Gasteiger partial charge in [-0.1, -0.05) is 78.9 Å². The zero-order chi connectivity index (χ0) is 25.6. The van der Waals surface area contributed by atoms with Crippen LogP contribution in [0.1, 0.15) is 51.6 Å². The van der Waals surface area contributed by atoms with E-state index < -0.39 is 24.1 Å². The van der Waals surface area contributed by atoms with Crippen molar-refractivity contribution in [2.45, 2.75) is 37.6 Å². The molecule has 1 aliphatic carbocycles. The Morgan fingerprint density at radius 3 is 2.11 bits per heavy atom. The largest absolute Gasteiger partial charge is 0.462 e. The zero-order valence-corrected chi connectivity index (χ0v) is 20.3. The summed E-state index contributed by atoms with van der Waals surface area (Å²) in [6.45, 7) is 0. The molecule has 2 aliphatic rings. The molecule has 0 radical (unpaired) electrons. The highest BCUT2D eigenvalue weighted by atomic mass is 16.6. The van der Waals surface area contributed by atoms with Crippen LogP contribution in [0.25, 0.3) is 0 Å². The molecule has 1 heterocycles. The molecule has 0 aromatic heterocycles. The first-order chi connectivity index (χ1) is 18.1. The third-order valence-electron chi connectivity index (χ3n) is 6.96. The van der Waals surface area contributed by atoms with Crippen molar-refractivity contribution in [3.8, 4) is 0 Å². The van der Waals surface area contributed by atoms with E-state index in [1.165, 1.54) is 0 Å². The third-order valence-corrected chi connectivity index (χ3v) is 6.96. The van der Waals surface area contributed by atoms with Gasteiger partial charge in [-0.3, -0.25) is 4.79 Å². The monoisotopic (exact) mass is 496 g/mol. The molecule has 2 fully saturated rings. The van der Waals surface area contributed by atoms with Gasteiger partial charge in [0.15, 0.2) is 0 Å². The van der Waals surface area contributed by atoms with Crippen molar-refractivity contribution in [1.82, 2.24) is 0 Å². The van der Waals surface area contributed by atoms with Crippen molar-refractivity contribution in [2.24, 2.45) is 11.8 Å². The topological polar surface area (TPSA) is 78.9 Å². The molecule has 1 unspecified atom stereocenters. The SMILES string of the molecule is O=C1C[C@@H]2[C@@H](C=CCC(OC(=O)c3ccccc3)c3ccccc3)[C@H](OC(=O)c3ccccc3)C[C@@H]2O1. The minimum atomic E-state index is -0.492. The Kier molecular flexibility index (Phi) is 7.45. The number of carbonyl (C=O) groups is 3. The second-order valence-electron chi connectivity index (χ2n) is 9.35. The van der Waals surface area contributed by atoms with Gasteiger partial charge in [-0.25, -0.2) is 9.59 Å². The summed E-state index contributed by atoms with van der Waals surface area (Å²) in [5.41, 5.74) is 1.85. The van der Waals surface area contributed by atoms with E-state index >= 15 is 0 Å². The lowest BCUT2D eigenvalue weighted by Gasteiger charge is -2.21. The first-order valence-electron chi connectivity index (χ1n) is 12.5. The Morgan fingerprint density at radius 2 is 1.46 bits per heavy atom. The van der Waals surface area contributed by atoms with Crippen LogP contribution in [0.2, 0.25) is 0 Å². The Morgan fingerprint density at radius 1 is 0.865 bits per heavy atom. The van der Waals surface area contributed by atoms with Gasteiger partial charge >= 0.3 is 17.9 Å². The number of rotatable bonds is 8. The maximum atomic E-state index is 12.8. The Bertz CT molecular complexity index is 1250. The van der Waals surface area contributed by atoms with Crippen LogP contribution in [0.3, 0.4) is 0 Å². The summed E-state index contributed by atoms with van der Waals surface area (Å²) in [6.07, 6.45) is 3.97. The van der Waals surface area contributed by atoms with Crippen LogP contribution < -0.4 is 0 Å². The normalized spacial score (nSPS) is 23.3. The minimum Gasteiger partial charge on any atom is -0.462 e. The summed E-state index contributed by atoms with van der Waals surface area (Å²) in [6, 6.07) is 27.3. The van der Waals surface area contributed by atoms with Gasteiger partial charge in [0.05, 0.1) is 17.5 Å². The second-order valence-corrected chi connectivity index (χ2v) is 9.35. The summed E-state index contributed by atoms with van der Waals surface area (Å²) in [4.78, 5) is 37.5. The summed E-state index contributed by atoms with van der Waals surface area (Å²) >= 11 is 0. The molecule has 1 aliphatic heterocycles. The summed E-state index contributed by atoms with van der Waals surface area (Å²) in [5, 5.41) is 0. The van der Waals surface area contributed by atoms with Crippen LogP contribution in [0.15, 0.2) is 103 Å². The molecule has 0 spiro atoms. The summed E-state index contributed by atoms with van der Waals surface area (Å²) in [7, 11) is 0. The smallest absolute Gasteiger partial charge is 0.338 e. The molecule has 6 nitrogen and oxygen atoms in total. The highest BCUT2D eigenvalue weighted by Gasteiger charge is 2.50. The molecule has 6 heteroatoms. The quantitative estimate of drug-likeness (QED) is 0.226. The Labute approximate surface area is 215 Å². The van der Waals surface area contributed by atoms with Gasteiger partial charge in [0.25, 0.3) is 0 Å². The van der Waals surface area contributed by atoms with E-state index in [0.717, 1.165) is 5.56 Å². The van der Waals surface area contributed by atoms with Crippen LogP contribution in [0, 0.1) is 11.8 Å². The molecule has 0 N–H and O–H groups in total. The average molecular weight is 497 g/mol. The van der Waals surface area contributed by atoms with Crippen LogP contribution in [-0.4, -0.2) is 30.1 Å². The van der Waals surface area contributed by atoms with Crippen LogP contribution in [-0.2, 0) is 19.0 Å². The summed E-state index contributed by atoms with van der Waals surface area (Å²) in [5.74, 6) is -1.24. The van der Waals surface area contributed by atoms with Crippen molar-refractivity contribution in [3.05, 3.63) is 120 Å². The molecule has 0 amide bonds. The van der Waals surface area contributed by atoms with Crippen molar-refractivity contribution in [3.63, 3.8) is 0 Å². The summed E-state index contributed by atoms with van der Waals surface area (Å²) < 4.78 is 17.3. The van der Waals surface area contributed by atoms with Crippen LogP contribution in [0.4, 0.5) is 0 Å². The predicted molar refractivity (Wildman–Crippen MR) is 137 cm³/mol. The van der Waals surface area contributed by atoms with Gasteiger partial charge in [0.1, 0.15) is 18.3 Å². The molecule has 1 saturated heterocycles. The fourth-order valence-corrected chi connectivity index (χ4v) is 5.12. The number of fused-ring (bicyclic) bond motifs is 1. The molecule has 5 atom stereocenters. The van der Waals surface area contributed by atoms with Crippen LogP contribution in [0.5, 0.6) is 0 Å². The van der Waals surface area contributed by atoms with Gasteiger partial charge in [0.2, 0.25) is 0 Å². The van der Waals surface area contributed by atoms with E-state index in [4.69, 9.17) is 14.2 Å². The van der Waals surface area contributed by atoms with Crippen molar-refractivity contribution >= 4 is 17.9 Å². The molecule has 1 saturated carbocycles. The Balaban J connectivity index is 1.32. The lowest BCUT2D eigenvalue weighted by molar-refractivity contribution is -0.141. The van der Waals surface area contributed by atoms with Gasteiger partial charge in [-0.2, -0.15) is 0 Å². The van der Waals surface area contributed by atoms with E-state index in [1.54, 1.807) is 48.5 Å². The predicted octanol–water partition coefficient (Wildman–Crippen LogP) is 5.71. The number of hydrogen-bond donors (Lipinski definition) is 0. The molecule has 3 aromatic carbocycles. The second kappa shape index (κ2) is 11.2. The van der Waals surface area contributed by atoms with Gasteiger partial charge in [-0.15, -0.1) is 0 Å². The van der Waals surface area contributed by atoms with Gasteiger partial charge < -0.3 is 14.2 Å². The van der Waals surface area contributed by atoms with E-state index in [1.807, 2.05) is 54.6 Å². The molecule has 188 valence electrons. The molecular formula is C31H28O6. The van der Waals surface area contributed by atoms with Gasteiger partial charge in [0, 0.05) is 24.7 Å². The van der Waals surface area contributed by atoms with Gasteiger partial charge in [-0.05, 0) is 29.8 Å². The number of carbonyl (C=O) groups excluding carboxylic acids is 3. The number of ether oxygens (including phenoxy) is 3. The number of hydrogen-bond acceptors (Lipinski definition) is 6. The number of benzene rings is 3. The first-order valence-corrected chi connectivity index (χ1v) is 12.5. The third kappa shape index (κ3) is 5.80. The van der Waals surface area contributed by atoms with Crippen molar-refractivity contribution in [1.29, 1.82) is 0 Å². The van der Waals surface area contributed by atoms with Crippen molar-refractivity contribution in [2.75, 3.05) is 0 Å². The highest BCUT2D eigenvalue weighted by Crippen LogP contribution is 2.44. The highest BCUT2D eigenvalue weighted by molar-refractivity contribution is 5.90. The van der Waals surface area contributed by atoms with E-state index in [2.05, 4.69) is 0 Å². The molecule has 3 aromatic rings. The van der Waals surface area contributed by atoms with E-state index in [9.17, 15) is 14.4 Å². The fraction of sp³-hybridized carbons (Fsp3) is 0.258. The maximum absolute atomic E-state index is 12.8. The lowest BCUT2D eigenvalue weighted by Crippen LogP contribution is -2.24. The number of esters is 3. The Hall–Kier alpha value is -4.19. The lowest BCUT2D eigenvalue weighted by atomic mass is 9.91. The zero-order valence-electron chi connectivity index (χ0n) is 20.3.